The van der Waals surface area contributed by atoms with Crippen molar-refractivity contribution in [3.63, 3.8) is 0 Å². The highest BCUT2D eigenvalue weighted by molar-refractivity contribution is 5.99. The lowest BCUT2D eigenvalue weighted by molar-refractivity contribution is -0.385. The first-order valence-electron chi connectivity index (χ1n) is 7.38. The van der Waals surface area contributed by atoms with Gasteiger partial charge in [0.2, 0.25) is 0 Å². The number of carboxylic acids is 1. The number of ether oxygens (including phenoxy) is 2. The zero-order chi connectivity index (χ0) is 19.3. The van der Waals surface area contributed by atoms with Gasteiger partial charge in [0.15, 0.2) is 11.5 Å². The second-order valence-corrected chi connectivity index (χ2v) is 5.17. The van der Waals surface area contributed by atoms with Gasteiger partial charge in [0.05, 0.1) is 30.8 Å². The van der Waals surface area contributed by atoms with E-state index >= 15 is 0 Å². The van der Waals surface area contributed by atoms with Gasteiger partial charge < -0.3 is 19.9 Å². The number of carbonyl (C=O) groups excluding carboxylic acids is 1. The van der Waals surface area contributed by atoms with Crippen molar-refractivity contribution in [3.8, 4) is 11.5 Å². The second-order valence-electron chi connectivity index (χ2n) is 5.17. The van der Waals surface area contributed by atoms with Gasteiger partial charge in [0, 0.05) is 12.6 Å². The van der Waals surface area contributed by atoms with Gasteiger partial charge in [-0.15, -0.1) is 0 Å². The maximum Gasteiger partial charge on any atom is 0.335 e. The van der Waals surface area contributed by atoms with E-state index in [9.17, 15) is 19.7 Å². The van der Waals surface area contributed by atoms with E-state index in [4.69, 9.17) is 14.6 Å². The molecule has 2 rings (SSSR count). The van der Waals surface area contributed by atoms with Crippen LogP contribution in [0, 0.1) is 10.1 Å². The molecule has 0 fully saturated rings. The van der Waals surface area contributed by atoms with E-state index in [2.05, 4.69) is 5.32 Å². The summed E-state index contributed by atoms with van der Waals surface area (Å²) in [7, 11) is 2.68. The minimum Gasteiger partial charge on any atom is -0.493 e. The molecule has 9 heteroatoms. The van der Waals surface area contributed by atoms with E-state index in [0.29, 0.717) is 5.56 Å². The van der Waals surface area contributed by atoms with Crippen molar-refractivity contribution in [2.75, 3.05) is 14.2 Å². The summed E-state index contributed by atoms with van der Waals surface area (Å²) < 4.78 is 10.1. The molecule has 0 bridgehead atoms. The topological polar surface area (TPSA) is 128 Å². The van der Waals surface area contributed by atoms with E-state index in [-0.39, 0.29) is 29.2 Å². The Balaban J connectivity index is 2.27. The maximum atomic E-state index is 12.4. The molecule has 0 radical (unpaired) electrons. The Hall–Kier alpha value is -3.62. The number of methoxy groups -OCH3 is 2. The largest absolute Gasteiger partial charge is 0.493 e. The van der Waals surface area contributed by atoms with Crippen LogP contribution in [0.1, 0.15) is 26.3 Å². The minimum atomic E-state index is -1.09. The van der Waals surface area contributed by atoms with Crippen molar-refractivity contribution in [3.05, 3.63) is 63.2 Å². The van der Waals surface area contributed by atoms with E-state index in [1.807, 2.05) is 0 Å². The predicted octanol–water partition coefficient (Wildman–Crippen LogP) is 2.24. The van der Waals surface area contributed by atoms with Gasteiger partial charge in [-0.25, -0.2) is 4.79 Å². The number of rotatable bonds is 7. The fourth-order valence-electron chi connectivity index (χ4n) is 2.29. The molecule has 0 spiro atoms. The third-order valence-electron chi connectivity index (χ3n) is 3.57. The number of nitrogens with zero attached hydrogens (tertiary/aromatic N) is 1. The Kier molecular flexibility index (Phi) is 5.74. The number of hydrogen-bond acceptors (Lipinski definition) is 6. The van der Waals surface area contributed by atoms with E-state index in [1.54, 1.807) is 12.1 Å². The molecular formula is C17H16N2O7. The highest BCUT2D eigenvalue weighted by Crippen LogP contribution is 2.34. The summed E-state index contributed by atoms with van der Waals surface area (Å²) in [6.45, 7) is 0.00541. The average molecular weight is 360 g/mol. The molecule has 0 saturated heterocycles. The summed E-state index contributed by atoms with van der Waals surface area (Å²) in [6, 6.07) is 8.34. The lowest BCUT2D eigenvalue weighted by atomic mass is 10.1. The number of nitro benzene ring substituents is 1. The summed E-state index contributed by atoms with van der Waals surface area (Å²) in [4.78, 5) is 33.9. The molecular weight excluding hydrogens is 344 g/mol. The molecule has 2 N–H and O–H groups in total. The summed E-state index contributed by atoms with van der Waals surface area (Å²) in [5.74, 6) is -1.48. The van der Waals surface area contributed by atoms with Crippen molar-refractivity contribution < 1.29 is 29.1 Å². The van der Waals surface area contributed by atoms with Crippen molar-refractivity contribution in [1.29, 1.82) is 0 Å². The lowest BCUT2D eigenvalue weighted by Crippen LogP contribution is -2.24. The molecule has 0 unspecified atom stereocenters. The number of amides is 1. The van der Waals surface area contributed by atoms with Crippen LogP contribution >= 0.6 is 0 Å². The van der Waals surface area contributed by atoms with Gasteiger partial charge in [0.1, 0.15) is 5.56 Å². The molecule has 0 atom stereocenters. The van der Waals surface area contributed by atoms with E-state index < -0.39 is 22.5 Å². The predicted molar refractivity (Wildman–Crippen MR) is 90.8 cm³/mol. The van der Waals surface area contributed by atoms with Crippen molar-refractivity contribution >= 4 is 17.6 Å². The Labute approximate surface area is 148 Å². The van der Waals surface area contributed by atoms with E-state index in [0.717, 1.165) is 6.07 Å². The molecule has 0 heterocycles. The Bertz CT molecular complexity index is 864. The van der Waals surface area contributed by atoms with Gasteiger partial charge in [-0.05, 0) is 17.7 Å². The number of carboxylic acid groups (broad SMARTS) is 1. The third-order valence-corrected chi connectivity index (χ3v) is 3.57. The van der Waals surface area contributed by atoms with Crippen LogP contribution in [-0.4, -0.2) is 36.1 Å². The number of nitrogens with one attached hydrogen (secondary N) is 1. The van der Waals surface area contributed by atoms with Crippen molar-refractivity contribution in [1.82, 2.24) is 5.32 Å². The molecule has 0 saturated carbocycles. The van der Waals surface area contributed by atoms with Crippen LogP contribution in [0.2, 0.25) is 0 Å². The van der Waals surface area contributed by atoms with Crippen LogP contribution in [-0.2, 0) is 6.54 Å². The first-order chi connectivity index (χ1) is 12.4. The molecule has 1 amide bonds. The summed E-state index contributed by atoms with van der Waals surface area (Å²) in [5.41, 5.74) is -0.00305. The fraction of sp³-hybridized carbons (Fsp3) is 0.176. The zero-order valence-corrected chi connectivity index (χ0v) is 14.0. The van der Waals surface area contributed by atoms with Gasteiger partial charge in [-0.3, -0.25) is 14.9 Å². The Morgan fingerprint density at radius 3 is 2.38 bits per heavy atom. The molecule has 26 heavy (non-hydrogen) atoms. The second kappa shape index (κ2) is 7.97. The smallest absolute Gasteiger partial charge is 0.335 e. The quantitative estimate of drug-likeness (QED) is 0.572. The Morgan fingerprint density at radius 2 is 1.81 bits per heavy atom. The monoisotopic (exact) mass is 360 g/mol. The molecule has 0 aromatic heterocycles. The first kappa shape index (κ1) is 18.7. The zero-order valence-electron chi connectivity index (χ0n) is 14.0. The molecule has 2 aromatic rings. The molecule has 136 valence electrons. The normalized spacial score (nSPS) is 10.1. The van der Waals surface area contributed by atoms with Crippen LogP contribution in [0.3, 0.4) is 0 Å². The number of nitro groups is 1. The van der Waals surface area contributed by atoms with Gasteiger partial charge >= 0.3 is 5.97 Å². The standard InChI is InChI=1S/C17H16N2O7/c1-25-14-7-12(13(19(23)24)8-15(14)26-2)16(20)18-9-10-4-3-5-11(6-10)17(21)22/h3-8H,9H2,1-2H3,(H,18,20)(H,21,22). The SMILES string of the molecule is COc1cc(C(=O)NCc2cccc(C(=O)O)c2)c([N+](=O)[O-])cc1OC. The molecule has 0 aliphatic heterocycles. The van der Waals surface area contributed by atoms with Crippen molar-refractivity contribution in [2.45, 2.75) is 6.54 Å². The Morgan fingerprint density at radius 1 is 1.15 bits per heavy atom. The van der Waals surface area contributed by atoms with Crippen LogP contribution in [0.5, 0.6) is 11.5 Å². The molecule has 0 aliphatic carbocycles. The summed E-state index contributed by atoms with van der Waals surface area (Å²) in [6.07, 6.45) is 0. The molecule has 0 aliphatic rings. The van der Waals surface area contributed by atoms with Crippen molar-refractivity contribution in [2.24, 2.45) is 0 Å². The van der Waals surface area contributed by atoms with Crippen LogP contribution < -0.4 is 14.8 Å². The maximum absolute atomic E-state index is 12.4. The summed E-state index contributed by atoms with van der Waals surface area (Å²) >= 11 is 0. The molecule has 9 nitrogen and oxygen atoms in total. The first-order valence-corrected chi connectivity index (χ1v) is 7.38. The number of aromatic carboxylic acids is 1. The van der Waals surface area contributed by atoms with Crippen LogP contribution in [0.25, 0.3) is 0 Å². The number of benzene rings is 2. The van der Waals surface area contributed by atoms with Crippen LogP contribution in [0.15, 0.2) is 36.4 Å². The summed E-state index contributed by atoms with van der Waals surface area (Å²) in [5, 5.41) is 22.8. The van der Waals surface area contributed by atoms with Gasteiger partial charge in [-0.1, -0.05) is 12.1 Å². The highest BCUT2D eigenvalue weighted by Gasteiger charge is 2.24. The molecule has 2 aromatic carbocycles. The highest BCUT2D eigenvalue weighted by atomic mass is 16.6. The third kappa shape index (κ3) is 4.07. The van der Waals surface area contributed by atoms with E-state index in [1.165, 1.54) is 32.4 Å². The average Bonchev–Trinajstić information content (AvgIpc) is 2.64. The lowest BCUT2D eigenvalue weighted by Gasteiger charge is -2.11. The van der Waals surface area contributed by atoms with Gasteiger partial charge in [0.25, 0.3) is 11.6 Å². The van der Waals surface area contributed by atoms with Crippen LogP contribution in [0.4, 0.5) is 5.69 Å². The number of hydrogen-bond donors (Lipinski definition) is 2. The number of carbonyl (C=O) groups is 2. The van der Waals surface area contributed by atoms with Gasteiger partial charge in [-0.2, -0.15) is 0 Å². The minimum absolute atomic E-state index is 0.00541. The fourth-order valence-corrected chi connectivity index (χ4v) is 2.29.